The van der Waals surface area contributed by atoms with Gasteiger partial charge in [-0.25, -0.2) is 0 Å². The van der Waals surface area contributed by atoms with E-state index < -0.39 is 96.5 Å². The van der Waals surface area contributed by atoms with Gasteiger partial charge in [0.15, 0.2) is 23.1 Å². The zero-order chi connectivity index (χ0) is 85.2. The summed E-state index contributed by atoms with van der Waals surface area (Å²) in [5.74, 6) is -8.35. The van der Waals surface area contributed by atoms with Gasteiger partial charge in [-0.2, -0.15) is 0 Å². The maximum absolute atomic E-state index is 12.4. The highest BCUT2D eigenvalue weighted by molar-refractivity contribution is 6.01. The van der Waals surface area contributed by atoms with Crippen LogP contribution < -0.4 is 31.9 Å². The van der Waals surface area contributed by atoms with Crippen molar-refractivity contribution in [2.45, 2.75) is 171 Å². The Morgan fingerprint density at radius 3 is 0.685 bits per heavy atom. The van der Waals surface area contributed by atoms with Crippen molar-refractivity contribution in [2.75, 3.05) is 158 Å². The second-order valence-electron chi connectivity index (χ2n) is 26.5. The van der Waals surface area contributed by atoms with Crippen molar-refractivity contribution >= 4 is 128 Å². The molecule has 0 atom stereocenters. The molecule has 0 saturated carbocycles. The second-order valence-corrected chi connectivity index (χ2v) is 26.5. The van der Waals surface area contributed by atoms with Gasteiger partial charge >= 0.3 is 0 Å². The molecule has 0 aliphatic heterocycles. The highest BCUT2D eigenvalue weighted by Gasteiger charge is 2.38. The Bertz CT molecular complexity index is 2800. The molecule has 8 amide bonds. The molecule has 0 heterocycles. The number of carbonyl (C=O) groups excluding carboxylic acids is 22. The molecular formula is C72H114N8O31. The van der Waals surface area contributed by atoms with Crippen molar-refractivity contribution < 1.29 is 148 Å². The third-order valence-electron chi connectivity index (χ3n) is 13.4. The molecule has 0 saturated heterocycles. The standard InChI is InChI=1S/C26H40N2O10.C24H40N2O12.C22H34N4O9/c1-17(29)9-25(10-18(2)30,11-19(3)31)27-23(35)15-37-7-8-38-16-24(36)28-26(12-20(4)32,13-21(5)33)14-22(6)34;1-17(27)7-35-11-21(12-36-8-18(2)28)25-23(31)15-33-5-6-34-16-24(32)26-22(13-37-9-19(3)29)14-38-10-20(4)30;1-15(27)11-25(12-16(2)28)21(33)9-19(31)23-5-7-35-8-6-24-20(32)10-22(34)26(13-17(3)29)14-18(4)30/h7-16H2,1-6H3,(H,27,35)(H,28,36);21-22H,5-16H2,1-4H3,(H,25,31)(H,26,32);5-14H2,1-4H3,(H,23,31)(H,24,32). The molecule has 0 radical (unpaired) electrons. The summed E-state index contributed by atoms with van der Waals surface area (Å²) in [6.07, 6.45) is -2.15. The van der Waals surface area contributed by atoms with Gasteiger partial charge in [0.2, 0.25) is 47.3 Å². The lowest BCUT2D eigenvalue weighted by atomic mass is 9.83. The van der Waals surface area contributed by atoms with Gasteiger partial charge in [-0.1, -0.05) is 0 Å². The number of hydrogen-bond acceptors (Lipinski definition) is 31. The van der Waals surface area contributed by atoms with Crippen molar-refractivity contribution in [1.29, 1.82) is 0 Å². The third-order valence-corrected chi connectivity index (χ3v) is 13.4. The molecule has 0 aromatic rings. The van der Waals surface area contributed by atoms with E-state index >= 15 is 0 Å². The van der Waals surface area contributed by atoms with Gasteiger partial charge in [-0.3, -0.25) is 105 Å². The van der Waals surface area contributed by atoms with Crippen molar-refractivity contribution in [3.8, 4) is 0 Å². The van der Waals surface area contributed by atoms with E-state index in [0.29, 0.717) is 0 Å². The number of rotatable bonds is 64. The van der Waals surface area contributed by atoms with Crippen LogP contribution in [0.2, 0.25) is 0 Å². The molecule has 0 aliphatic carbocycles. The van der Waals surface area contributed by atoms with Crippen molar-refractivity contribution in [1.82, 2.24) is 41.7 Å². The minimum Gasteiger partial charge on any atom is -0.378 e. The SMILES string of the molecule is CC(=O)CC(CC(C)=O)(CC(C)=O)NC(=O)COCCOCC(=O)NC(CC(C)=O)(CC(C)=O)CC(C)=O.CC(=O)CN(CC(C)=O)C(=O)CC(=O)NCCOCCNC(=O)CC(=O)N(CC(C)=O)CC(C)=O.CC(=O)COCC(COCC(C)=O)NC(=O)COCCOCC(=O)NC(COCC(C)=O)COCC(C)=O. The highest BCUT2D eigenvalue weighted by Crippen LogP contribution is 2.24. The van der Waals surface area contributed by atoms with Gasteiger partial charge in [-0.05, 0) is 96.9 Å². The number of ether oxygens (including phenoxy) is 9. The number of hydrogen-bond donors (Lipinski definition) is 6. The Labute approximate surface area is 645 Å². The van der Waals surface area contributed by atoms with E-state index in [9.17, 15) is 105 Å². The van der Waals surface area contributed by atoms with E-state index in [4.69, 9.17) is 42.6 Å². The summed E-state index contributed by atoms with van der Waals surface area (Å²) in [5, 5.41) is 15.4. The minimum atomic E-state index is -1.33. The summed E-state index contributed by atoms with van der Waals surface area (Å²) in [6.45, 7) is 15.7. The summed E-state index contributed by atoms with van der Waals surface area (Å²) in [5.41, 5.74) is -2.66. The van der Waals surface area contributed by atoms with Crippen molar-refractivity contribution in [2.24, 2.45) is 0 Å². The van der Waals surface area contributed by atoms with Crippen LogP contribution in [-0.2, 0) is 148 Å². The lowest BCUT2D eigenvalue weighted by molar-refractivity contribution is -0.141. The molecule has 0 aromatic carbocycles. The Morgan fingerprint density at radius 1 is 0.252 bits per heavy atom. The summed E-state index contributed by atoms with van der Waals surface area (Å²) in [7, 11) is 0. The Hall–Kier alpha value is -9.22. The van der Waals surface area contributed by atoms with E-state index in [0.717, 1.165) is 9.80 Å². The topological polar surface area (TPSA) is 537 Å². The zero-order valence-corrected chi connectivity index (χ0v) is 66.3. The van der Waals surface area contributed by atoms with Gasteiger partial charge in [0, 0.05) is 51.6 Å². The van der Waals surface area contributed by atoms with Crippen LogP contribution in [0.15, 0.2) is 0 Å². The quantitative estimate of drug-likeness (QED) is 0.0262. The van der Waals surface area contributed by atoms with Crippen LogP contribution in [0.1, 0.15) is 148 Å². The van der Waals surface area contributed by atoms with Gasteiger partial charge in [0.05, 0.1) is 115 Å². The molecule has 0 rings (SSSR count). The summed E-state index contributed by atoms with van der Waals surface area (Å²) >= 11 is 0. The van der Waals surface area contributed by atoms with Crippen LogP contribution in [0, 0.1) is 0 Å². The molecule has 39 heteroatoms. The number of carbonyl (C=O) groups is 22. The molecule has 0 bridgehead atoms. The smallest absolute Gasteiger partial charge is 0.246 e. The molecule has 6 N–H and O–H groups in total. The summed E-state index contributed by atoms with van der Waals surface area (Å²) < 4.78 is 47.1. The molecule has 0 fully saturated rings. The summed E-state index contributed by atoms with van der Waals surface area (Å²) in [4.78, 5) is 258. The van der Waals surface area contributed by atoms with Gasteiger partial charge in [0.25, 0.3) is 0 Å². The van der Waals surface area contributed by atoms with Crippen molar-refractivity contribution in [3.05, 3.63) is 0 Å². The fraction of sp³-hybridized carbons (Fsp3) is 0.694. The lowest BCUT2D eigenvalue weighted by Gasteiger charge is -2.32. The Morgan fingerprint density at radius 2 is 0.477 bits per heavy atom. The van der Waals surface area contributed by atoms with E-state index in [-0.39, 0.29) is 264 Å². The second kappa shape index (κ2) is 61.5. The average Bonchev–Trinajstić information content (AvgIpc) is 0.841. The lowest BCUT2D eigenvalue weighted by Crippen LogP contribution is -2.53. The first-order valence-corrected chi connectivity index (χ1v) is 35.2. The maximum Gasteiger partial charge on any atom is 0.246 e. The van der Waals surface area contributed by atoms with E-state index in [1.54, 1.807) is 0 Å². The molecule has 0 aromatic heterocycles. The molecule has 111 heavy (non-hydrogen) atoms. The first-order chi connectivity index (χ1) is 51.8. The Balaban J connectivity index is -0.00000158. The monoisotopic (exact) mass is 1590 g/mol. The predicted molar refractivity (Wildman–Crippen MR) is 389 cm³/mol. The number of nitrogens with one attached hydrogen (secondary N) is 6. The first-order valence-electron chi connectivity index (χ1n) is 35.2. The van der Waals surface area contributed by atoms with Crippen LogP contribution in [-0.4, -0.2) is 319 Å². The number of Topliss-reactive ketones (excluding diaryl/α,β-unsaturated/α-hetero) is 14. The fourth-order valence-corrected chi connectivity index (χ4v) is 10.0. The van der Waals surface area contributed by atoms with Crippen LogP contribution in [0.25, 0.3) is 0 Å². The maximum atomic E-state index is 12.4. The predicted octanol–water partition coefficient (Wildman–Crippen LogP) is -2.96. The molecule has 39 nitrogen and oxygen atoms in total. The number of amides is 8. The van der Waals surface area contributed by atoms with Gasteiger partial charge in [-0.15, -0.1) is 0 Å². The molecule has 628 valence electrons. The van der Waals surface area contributed by atoms with Crippen LogP contribution in [0.5, 0.6) is 0 Å². The number of nitrogens with zero attached hydrogens (tertiary/aromatic N) is 2. The van der Waals surface area contributed by atoms with E-state index in [1.807, 2.05) is 0 Å². The largest absolute Gasteiger partial charge is 0.378 e. The Kier molecular flexibility index (Phi) is 58.7. The summed E-state index contributed by atoms with van der Waals surface area (Å²) in [6, 6.07) is -1.17. The molecular weight excluding hydrogens is 1470 g/mol. The van der Waals surface area contributed by atoms with Crippen LogP contribution in [0.4, 0.5) is 0 Å². The number of ketones is 14. The average molecular weight is 1590 g/mol. The third kappa shape index (κ3) is 65.2. The molecule has 0 aliphatic rings. The highest BCUT2D eigenvalue weighted by atomic mass is 16.5. The van der Waals surface area contributed by atoms with Gasteiger partial charge in [0.1, 0.15) is 124 Å². The minimum absolute atomic E-state index is 0.0159. The van der Waals surface area contributed by atoms with Crippen LogP contribution >= 0.6 is 0 Å². The van der Waals surface area contributed by atoms with Crippen molar-refractivity contribution in [3.63, 3.8) is 0 Å². The molecule has 0 unspecified atom stereocenters. The van der Waals surface area contributed by atoms with E-state index in [2.05, 4.69) is 31.9 Å². The molecule has 0 spiro atoms. The zero-order valence-electron chi connectivity index (χ0n) is 66.3. The van der Waals surface area contributed by atoms with Crippen LogP contribution in [0.3, 0.4) is 0 Å². The van der Waals surface area contributed by atoms with E-state index in [1.165, 1.54) is 96.9 Å². The normalized spacial score (nSPS) is 10.9. The fourth-order valence-electron chi connectivity index (χ4n) is 10.0. The van der Waals surface area contributed by atoms with Gasteiger partial charge < -0.3 is 84.3 Å². The first kappa shape index (κ1) is 106.